The van der Waals surface area contributed by atoms with Crippen molar-refractivity contribution in [2.75, 3.05) is 0 Å². The number of rotatable bonds is 14. The van der Waals surface area contributed by atoms with Crippen molar-refractivity contribution in [2.45, 2.75) is 56.5 Å². The SMILES string of the molecule is CC(O)C(N)C(=O)NC(Cc1cnc[nH]1)C(=O)NC(Cc1ccccc1)C(=O)NC(Cc1ccccc1)C(=O)O. The molecule has 212 valence electrons. The number of carbonyl (C=O) groups excluding carboxylic acids is 3. The van der Waals surface area contributed by atoms with Crippen LogP contribution in [0.5, 0.6) is 0 Å². The Bertz CT molecular complexity index is 1250. The Hall–Kier alpha value is -4.55. The number of aromatic nitrogens is 2. The van der Waals surface area contributed by atoms with E-state index in [0.29, 0.717) is 5.69 Å². The molecule has 0 spiro atoms. The summed E-state index contributed by atoms with van der Waals surface area (Å²) in [5, 5.41) is 27.2. The molecule has 0 fully saturated rings. The number of aliphatic hydroxyl groups excluding tert-OH is 1. The van der Waals surface area contributed by atoms with Gasteiger partial charge in [0.05, 0.1) is 12.4 Å². The van der Waals surface area contributed by atoms with Crippen LogP contribution in [-0.4, -0.2) is 74.1 Å². The zero-order chi connectivity index (χ0) is 29.1. The van der Waals surface area contributed by atoms with Gasteiger partial charge in [-0.25, -0.2) is 9.78 Å². The van der Waals surface area contributed by atoms with Crippen LogP contribution in [0.25, 0.3) is 0 Å². The third-order valence-electron chi connectivity index (χ3n) is 6.25. The Kier molecular flexibility index (Phi) is 10.9. The number of imidazole rings is 1. The number of carboxylic acids is 1. The highest BCUT2D eigenvalue weighted by atomic mass is 16.4. The summed E-state index contributed by atoms with van der Waals surface area (Å²) in [7, 11) is 0. The molecule has 1 heterocycles. The highest BCUT2D eigenvalue weighted by Gasteiger charge is 2.31. The average molecular weight is 551 g/mol. The van der Waals surface area contributed by atoms with E-state index in [0.717, 1.165) is 11.1 Å². The standard InChI is InChI=1S/C28H34N6O6/c1-17(35)24(29)27(38)33-22(14-20-15-30-16-31-20)26(37)32-21(12-18-8-4-2-5-9-18)25(36)34-23(28(39)40)13-19-10-6-3-7-11-19/h2-11,15-17,21-24,35H,12-14,29H2,1H3,(H,30,31)(H,32,37)(H,33,38)(H,34,36)(H,39,40). The number of H-pyrrole nitrogens is 1. The predicted molar refractivity (Wildman–Crippen MR) is 146 cm³/mol. The van der Waals surface area contributed by atoms with Gasteiger partial charge in [0.15, 0.2) is 0 Å². The molecule has 0 radical (unpaired) electrons. The largest absolute Gasteiger partial charge is 0.480 e. The Labute approximate surface area is 231 Å². The second-order valence-corrected chi connectivity index (χ2v) is 9.45. The Balaban J connectivity index is 1.82. The molecule has 8 N–H and O–H groups in total. The number of aliphatic hydroxyl groups is 1. The minimum atomic E-state index is -1.28. The first-order valence-corrected chi connectivity index (χ1v) is 12.8. The number of aliphatic carboxylic acids is 1. The summed E-state index contributed by atoms with van der Waals surface area (Å²) < 4.78 is 0. The van der Waals surface area contributed by atoms with Gasteiger partial charge in [0.2, 0.25) is 17.7 Å². The third-order valence-corrected chi connectivity index (χ3v) is 6.25. The summed E-state index contributed by atoms with van der Waals surface area (Å²) in [5.41, 5.74) is 7.72. The molecule has 12 heteroatoms. The summed E-state index contributed by atoms with van der Waals surface area (Å²) in [5.74, 6) is -3.38. The van der Waals surface area contributed by atoms with Gasteiger partial charge in [-0.15, -0.1) is 0 Å². The molecule has 3 rings (SSSR count). The van der Waals surface area contributed by atoms with E-state index < -0.39 is 54.0 Å². The maximum atomic E-state index is 13.5. The van der Waals surface area contributed by atoms with Crippen LogP contribution in [0.2, 0.25) is 0 Å². The molecule has 3 aromatic rings. The maximum Gasteiger partial charge on any atom is 0.326 e. The number of nitrogens with one attached hydrogen (secondary N) is 4. The van der Waals surface area contributed by atoms with Crippen molar-refractivity contribution in [3.8, 4) is 0 Å². The Morgan fingerprint density at radius 2 is 1.27 bits per heavy atom. The van der Waals surface area contributed by atoms with Crippen LogP contribution in [0.1, 0.15) is 23.7 Å². The molecule has 1 aromatic heterocycles. The summed E-state index contributed by atoms with van der Waals surface area (Å²) >= 11 is 0. The van der Waals surface area contributed by atoms with E-state index in [9.17, 15) is 29.4 Å². The first-order chi connectivity index (χ1) is 19.1. The topological polar surface area (TPSA) is 200 Å². The van der Waals surface area contributed by atoms with Gasteiger partial charge >= 0.3 is 5.97 Å². The fraction of sp³-hybridized carbons (Fsp3) is 0.321. The molecule has 3 amide bonds. The molecule has 40 heavy (non-hydrogen) atoms. The quantitative estimate of drug-likeness (QED) is 0.142. The molecule has 5 atom stereocenters. The summed E-state index contributed by atoms with van der Waals surface area (Å²) in [6.45, 7) is 1.35. The second kappa shape index (κ2) is 14.6. The molecule has 0 saturated heterocycles. The van der Waals surface area contributed by atoms with Crippen LogP contribution in [-0.2, 0) is 38.4 Å². The van der Waals surface area contributed by atoms with Gasteiger partial charge in [-0.3, -0.25) is 14.4 Å². The lowest BCUT2D eigenvalue weighted by Gasteiger charge is -2.25. The lowest BCUT2D eigenvalue weighted by atomic mass is 10.0. The first-order valence-electron chi connectivity index (χ1n) is 12.8. The molecule has 5 unspecified atom stereocenters. The van der Waals surface area contributed by atoms with Crippen LogP contribution >= 0.6 is 0 Å². The van der Waals surface area contributed by atoms with Gasteiger partial charge in [-0.05, 0) is 18.1 Å². The zero-order valence-electron chi connectivity index (χ0n) is 22.0. The lowest BCUT2D eigenvalue weighted by Crippen LogP contribution is -2.59. The normalized spacial score (nSPS) is 14.7. The first kappa shape index (κ1) is 30.0. The molecular weight excluding hydrogens is 516 g/mol. The number of nitrogens with two attached hydrogens (primary N) is 1. The maximum absolute atomic E-state index is 13.5. The van der Waals surface area contributed by atoms with Gasteiger partial charge in [0.1, 0.15) is 24.2 Å². The smallest absolute Gasteiger partial charge is 0.326 e. The molecule has 0 aliphatic carbocycles. The average Bonchev–Trinajstić information content (AvgIpc) is 3.45. The molecule has 2 aromatic carbocycles. The van der Waals surface area contributed by atoms with Gasteiger partial charge in [0, 0.05) is 31.2 Å². The van der Waals surface area contributed by atoms with E-state index in [4.69, 9.17) is 5.73 Å². The van der Waals surface area contributed by atoms with E-state index in [1.807, 2.05) is 0 Å². The summed E-state index contributed by atoms with van der Waals surface area (Å²) in [4.78, 5) is 58.2. The zero-order valence-corrected chi connectivity index (χ0v) is 22.0. The van der Waals surface area contributed by atoms with Gasteiger partial charge in [-0.1, -0.05) is 60.7 Å². The number of aromatic amines is 1. The minimum absolute atomic E-state index is 0.00443. The van der Waals surface area contributed by atoms with E-state index in [1.54, 1.807) is 60.7 Å². The Morgan fingerprint density at radius 1 is 0.800 bits per heavy atom. The molecule has 0 saturated carbocycles. The van der Waals surface area contributed by atoms with E-state index in [1.165, 1.54) is 19.4 Å². The van der Waals surface area contributed by atoms with Crippen molar-refractivity contribution in [1.82, 2.24) is 25.9 Å². The molecule has 0 aliphatic rings. The van der Waals surface area contributed by atoms with Crippen molar-refractivity contribution in [3.05, 3.63) is 90.0 Å². The van der Waals surface area contributed by atoms with E-state index in [2.05, 4.69) is 25.9 Å². The molecule has 0 aliphatic heterocycles. The fourth-order valence-electron chi connectivity index (χ4n) is 3.97. The second-order valence-electron chi connectivity index (χ2n) is 9.45. The van der Waals surface area contributed by atoms with E-state index >= 15 is 0 Å². The molecule has 0 bridgehead atoms. The van der Waals surface area contributed by atoms with Gasteiger partial charge in [0.25, 0.3) is 0 Å². The number of hydrogen-bond acceptors (Lipinski definition) is 7. The summed E-state index contributed by atoms with van der Waals surface area (Å²) in [6.07, 6.45) is 1.84. The number of hydrogen-bond donors (Lipinski definition) is 7. The summed E-state index contributed by atoms with van der Waals surface area (Å²) in [6, 6.07) is 12.9. The monoisotopic (exact) mass is 550 g/mol. The number of benzene rings is 2. The van der Waals surface area contributed by atoms with E-state index in [-0.39, 0.29) is 19.3 Å². The number of amides is 3. The van der Waals surface area contributed by atoms with Crippen LogP contribution in [0.3, 0.4) is 0 Å². The number of nitrogens with zero attached hydrogens (tertiary/aromatic N) is 1. The van der Waals surface area contributed by atoms with Crippen molar-refractivity contribution < 1.29 is 29.4 Å². The third kappa shape index (κ3) is 9.03. The predicted octanol–water partition coefficient (Wildman–Crippen LogP) is -0.315. The van der Waals surface area contributed by atoms with Crippen LogP contribution in [0.4, 0.5) is 0 Å². The lowest BCUT2D eigenvalue weighted by molar-refractivity contribution is -0.142. The van der Waals surface area contributed by atoms with Crippen LogP contribution < -0.4 is 21.7 Å². The van der Waals surface area contributed by atoms with Gasteiger partial charge in [-0.2, -0.15) is 0 Å². The number of carbonyl (C=O) groups is 4. The van der Waals surface area contributed by atoms with Crippen LogP contribution in [0, 0.1) is 0 Å². The Morgan fingerprint density at radius 3 is 1.75 bits per heavy atom. The fourth-order valence-corrected chi connectivity index (χ4v) is 3.97. The van der Waals surface area contributed by atoms with Crippen molar-refractivity contribution in [1.29, 1.82) is 0 Å². The van der Waals surface area contributed by atoms with Crippen molar-refractivity contribution in [2.24, 2.45) is 5.73 Å². The molecular formula is C28H34N6O6. The molecule has 12 nitrogen and oxygen atoms in total. The van der Waals surface area contributed by atoms with Gasteiger partial charge < -0.3 is 36.9 Å². The highest BCUT2D eigenvalue weighted by Crippen LogP contribution is 2.08. The highest BCUT2D eigenvalue weighted by molar-refractivity contribution is 5.94. The number of carboxylic acid groups (broad SMARTS) is 1. The minimum Gasteiger partial charge on any atom is -0.480 e. The van der Waals surface area contributed by atoms with Crippen LogP contribution in [0.15, 0.2) is 73.2 Å². The van der Waals surface area contributed by atoms with Crippen molar-refractivity contribution >= 4 is 23.7 Å². The van der Waals surface area contributed by atoms with Crippen molar-refractivity contribution in [3.63, 3.8) is 0 Å².